The number of ether oxygens (including phenoxy) is 1. The van der Waals surface area contributed by atoms with Crippen molar-refractivity contribution in [3.63, 3.8) is 0 Å². The summed E-state index contributed by atoms with van der Waals surface area (Å²) >= 11 is 0. The topological polar surface area (TPSA) is 56.8 Å². The fraction of sp³-hybridized carbons (Fsp3) is 0.385. The Morgan fingerprint density at radius 2 is 2.00 bits per heavy atom. The minimum atomic E-state index is 0.0417. The van der Waals surface area contributed by atoms with Crippen LogP contribution in [0, 0.1) is 22.7 Å². The Hall–Kier alpha value is -2.00. The molecule has 0 aliphatic heterocycles. The summed E-state index contributed by atoms with van der Waals surface area (Å²) < 4.78 is 5.34. The molecular formula is C13H14N2O. The maximum absolute atomic E-state index is 8.75. The van der Waals surface area contributed by atoms with Crippen LogP contribution in [0.1, 0.15) is 31.2 Å². The summed E-state index contributed by atoms with van der Waals surface area (Å²) in [4.78, 5) is 0. The number of benzene rings is 1. The Kier molecular flexibility index (Phi) is 4.89. The van der Waals surface area contributed by atoms with Crippen molar-refractivity contribution in [2.24, 2.45) is 0 Å². The molecule has 0 heterocycles. The zero-order chi connectivity index (χ0) is 11.8. The van der Waals surface area contributed by atoms with E-state index in [0.717, 1.165) is 12.0 Å². The highest BCUT2D eigenvalue weighted by molar-refractivity contribution is 5.36. The molecule has 0 radical (unpaired) electrons. The number of nitriles is 2. The van der Waals surface area contributed by atoms with Crippen molar-refractivity contribution in [2.45, 2.75) is 25.7 Å². The molecule has 0 aromatic heterocycles. The average molecular weight is 214 g/mol. The molecule has 16 heavy (non-hydrogen) atoms. The van der Waals surface area contributed by atoms with E-state index in [1.807, 2.05) is 37.3 Å². The van der Waals surface area contributed by atoms with E-state index in [2.05, 4.69) is 6.07 Å². The van der Waals surface area contributed by atoms with E-state index >= 15 is 0 Å². The second-order valence-electron chi connectivity index (χ2n) is 3.45. The Labute approximate surface area is 95.9 Å². The molecule has 3 heteroatoms. The van der Waals surface area contributed by atoms with Gasteiger partial charge in [0.25, 0.3) is 0 Å². The number of hydrogen-bond acceptors (Lipinski definition) is 3. The highest BCUT2D eigenvalue weighted by atomic mass is 16.5. The van der Waals surface area contributed by atoms with Crippen molar-refractivity contribution in [3.8, 4) is 17.9 Å². The van der Waals surface area contributed by atoms with Crippen molar-refractivity contribution >= 4 is 0 Å². The first-order valence-electron chi connectivity index (χ1n) is 5.29. The Bertz CT molecular complexity index is 415. The zero-order valence-electron chi connectivity index (χ0n) is 9.31. The lowest BCUT2D eigenvalue weighted by Gasteiger charge is -2.15. The summed E-state index contributed by atoms with van der Waals surface area (Å²) in [6.07, 6.45) is 1.36. The molecule has 1 rings (SSSR count). The first kappa shape index (κ1) is 12.1. The lowest BCUT2D eigenvalue weighted by atomic mass is 9.93. The molecule has 0 aliphatic rings. The van der Waals surface area contributed by atoms with Gasteiger partial charge in [0.2, 0.25) is 0 Å². The van der Waals surface area contributed by atoms with E-state index < -0.39 is 0 Å². The van der Waals surface area contributed by atoms with E-state index in [1.165, 1.54) is 0 Å². The van der Waals surface area contributed by atoms with Gasteiger partial charge in [-0.05, 0) is 18.1 Å². The fourth-order valence-electron chi connectivity index (χ4n) is 1.64. The van der Waals surface area contributed by atoms with Gasteiger partial charge in [-0.25, -0.2) is 0 Å². The highest BCUT2D eigenvalue weighted by Crippen LogP contribution is 2.30. The molecule has 1 aromatic carbocycles. The van der Waals surface area contributed by atoms with Gasteiger partial charge in [-0.1, -0.05) is 25.1 Å². The third-order valence-electron chi connectivity index (χ3n) is 2.48. The van der Waals surface area contributed by atoms with E-state index in [9.17, 15) is 0 Å². The van der Waals surface area contributed by atoms with Crippen LogP contribution in [0.2, 0.25) is 0 Å². The molecule has 0 aliphatic carbocycles. The third kappa shape index (κ3) is 3.00. The van der Waals surface area contributed by atoms with Gasteiger partial charge in [-0.2, -0.15) is 10.5 Å². The Balaban J connectivity index is 2.93. The van der Waals surface area contributed by atoms with Gasteiger partial charge < -0.3 is 4.74 Å². The first-order valence-corrected chi connectivity index (χ1v) is 5.29. The van der Waals surface area contributed by atoms with Crippen LogP contribution in [0.4, 0.5) is 0 Å². The zero-order valence-corrected chi connectivity index (χ0v) is 9.31. The van der Waals surface area contributed by atoms with Crippen molar-refractivity contribution in [1.82, 2.24) is 0 Å². The largest absolute Gasteiger partial charge is 0.478 e. The highest BCUT2D eigenvalue weighted by Gasteiger charge is 2.13. The number of hydrogen-bond donors (Lipinski definition) is 0. The molecule has 1 aromatic rings. The van der Waals surface area contributed by atoms with Crippen LogP contribution in [0.25, 0.3) is 0 Å². The van der Waals surface area contributed by atoms with Gasteiger partial charge in [0.15, 0.2) is 6.61 Å². The summed E-state index contributed by atoms with van der Waals surface area (Å²) in [6, 6.07) is 11.7. The quantitative estimate of drug-likeness (QED) is 0.757. The van der Waals surface area contributed by atoms with Crippen LogP contribution in [0.3, 0.4) is 0 Å². The van der Waals surface area contributed by atoms with E-state index in [1.54, 1.807) is 0 Å². The van der Waals surface area contributed by atoms with E-state index in [4.69, 9.17) is 15.3 Å². The van der Waals surface area contributed by atoms with Crippen LogP contribution in [-0.2, 0) is 0 Å². The first-order chi connectivity index (χ1) is 7.83. The van der Waals surface area contributed by atoms with Gasteiger partial charge in [-0.15, -0.1) is 0 Å². The molecule has 1 unspecified atom stereocenters. The summed E-state index contributed by atoms with van der Waals surface area (Å²) in [6.45, 7) is 2.09. The maximum atomic E-state index is 8.75. The van der Waals surface area contributed by atoms with Crippen LogP contribution >= 0.6 is 0 Å². The fourth-order valence-corrected chi connectivity index (χ4v) is 1.64. The predicted octanol–water partition coefficient (Wildman–Crippen LogP) is 3.00. The molecule has 3 nitrogen and oxygen atoms in total. The summed E-state index contributed by atoms with van der Waals surface area (Å²) in [5, 5.41) is 17.2. The lowest BCUT2D eigenvalue weighted by Crippen LogP contribution is -2.02. The molecule has 0 amide bonds. The molecule has 1 atom stereocenters. The number of para-hydroxylation sites is 1. The van der Waals surface area contributed by atoms with Crippen molar-refractivity contribution in [1.29, 1.82) is 10.5 Å². The van der Waals surface area contributed by atoms with Gasteiger partial charge in [-0.3, -0.25) is 0 Å². The molecule has 0 N–H and O–H groups in total. The van der Waals surface area contributed by atoms with Crippen LogP contribution in [0.15, 0.2) is 24.3 Å². The van der Waals surface area contributed by atoms with Crippen molar-refractivity contribution in [3.05, 3.63) is 29.8 Å². The summed E-state index contributed by atoms with van der Waals surface area (Å²) in [5.74, 6) is 0.894. The van der Waals surface area contributed by atoms with Gasteiger partial charge in [0.05, 0.1) is 6.07 Å². The predicted molar refractivity (Wildman–Crippen MR) is 60.8 cm³/mol. The monoisotopic (exact) mass is 214 g/mol. The molecule has 0 spiro atoms. The second-order valence-corrected chi connectivity index (χ2v) is 3.45. The van der Waals surface area contributed by atoms with Crippen molar-refractivity contribution < 1.29 is 4.74 Å². The molecule has 0 saturated carbocycles. The normalized spacial score (nSPS) is 11.2. The SMILES string of the molecule is CCC(CC#N)c1ccccc1OCC#N. The lowest BCUT2D eigenvalue weighted by molar-refractivity contribution is 0.360. The molecule has 82 valence electrons. The minimum Gasteiger partial charge on any atom is -0.478 e. The average Bonchev–Trinajstić information content (AvgIpc) is 2.34. The van der Waals surface area contributed by atoms with Gasteiger partial charge in [0.1, 0.15) is 11.8 Å². The van der Waals surface area contributed by atoms with E-state index in [-0.39, 0.29) is 12.5 Å². The van der Waals surface area contributed by atoms with E-state index in [0.29, 0.717) is 12.2 Å². The minimum absolute atomic E-state index is 0.0417. The van der Waals surface area contributed by atoms with Crippen molar-refractivity contribution in [2.75, 3.05) is 6.61 Å². The molecule has 0 saturated heterocycles. The third-order valence-corrected chi connectivity index (χ3v) is 2.48. The molecule has 0 fully saturated rings. The van der Waals surface area contributed by atoms with Crippen LogP contribution in [-0.4, -0.2) is 6.61 Å². The van der Waals surface area contributed by atoms with Crippen LogP contribution < -0.4 is 4.74 Å². The standard InChI is InChI=1S/C13H14N2O/c1-2-11(7-8-14)12-5-3-4-6-13(12)16-10-9-15/h3-6,11H,2,7,10H2,1H3. The Morgan fingerprint density at radius 3 is 2.62 bits per heavy atom. The van der Waals surface area contributed by atoms with Gasteiger partial charge in [0, 0.05) is 12.3 Å². The molecular weight excluding hydrogens is 200 g/mol. The number of rotatable bonds is 5. The second kappa shape index (κ2) is 6.48. The maximum Gasteiger partial charge on any atom is 0.174 e. The number of nitrogens with zero attached hydrogens (tertiary/aromatic N) is 2. The Morgan fingerprint density at radius 1 is 1.25 bits per heavy atom. The summed E-state index contributed by atoms with van der Waals surface area (Å²) in [5.41, 5.74) is 1.02. The molecule has 0 bridgehead atoms. The smallest absolute Gasteiger partial charge is 0.174 e. The van der Waals surface area contributed by atoms with Crippen LogP contribution in [0.5, 0.6) is 5.75 Å². The summed E-state index contributed by atoms with van der Waals surface area (Å²) in [7, 11) is 0. The van der Waals surface area contributed by atoms with Gasteiger partial charge >= 0.3 is 0 Å².